The summed E-state index contributed by atoms with van der Waals surface area (Å²) in [5, 5.41) is 3.17. The molecule has 1 aliphatic rings. The SMILES string of the molecule is CC(C(=O)NC1CCCCC1)N(Cc1ccc(Br)cc1)C(=O)Cc1ccccc1. The predicted molar refractivity (Wildman–Crippen MR) is 119 cm³/mol. The van der Waals surface area contributed by atoms with Gasteiger partial charge in [0.25, 0.3) is 0 Å². The van der Waals surface area contributed by atoms with Crippen molar-refractivity contribution < 1.29 is 9.59 Å². The van der Waals surface area contributed by atoms with Crippen molar-refractivity contribution in [3.05, 3.63) is 70.2 Å². The zero-order valence-electron chi connectivity index (χ0n) is 16.9. The van der Waals surface area contributed by atoms with Crippen LogP contribution in [0, 0.1) is 0 Å². The summed E-state index contributed by atoms with van der Waals surface area (Å²) in [6.45, 7) is 2.25. The van der Waals surface area contributed by atoms with Crippen molar-refractivity contribution >= 4 is 27.7 Å². The van der Waals surface area contributed by atoms with Crippen LogP contribution in [0.2, 0.25) is 0 Å². The highest BCUT2D eigenvalue weighted by atomic mass is 79.9. The van der Waals surface area contributed by atoms with Gasteiger partial charge < -0.3 is 10.2 Å². The summed E-state index contributed by atoms with van der Waals surface area (Å²) in [5.41, 5.74) is 1.96. The Labute approximate surface area is 181 Å². The summed E-state index contributed by atoms with van der Waals surface area (Å²) in [7, 11) is 0. The third-order valence-corrected chi connectivity index (χ3v) is 6.11. The first-order valence-electron chi connectivity index (χ1n) is 10.4. The molecule has 0 spiro atoms. The van der Waals surface area contributed by atoms with E-state index in [0.717, 1.165) is 41.3 Å². The lowest BCUT2D eigenvalue weighted by molar-refractivity contribution is -0.140. The Hall–Kier alpha value is -2.14. The number of hydrogen-bond donors (Lipinski definition) is 1. The van der Waals surface area contributed by atoms with E-state index in [0.29, 0.717) is 13.0 Å². The van der Waals surface area contributed by atoms with Crippen LogP contribution in [0.4, 0.5) is 0 Å². The number of carbonyl (C=O) groups excluding carboxylic acids is 2. The van der Waals surface area contributed by atoms with Crippen LogP contribution in [-0.2, 0) is 22.6 Å². The lowest BCUT2D eigenvalue weighted by atomic mass is 9.95. The maximum absolute atomic E-state index is 13.2. The lowest BCUT2D eigenvalue weighted by Crippen LogP contribution is -2.50. The van der Waals surface area contributed by atoms with E-state index in [-0.39, 0.29) is 17.9 Å². The topological polar surface area (TPSA) is 49.4 Å². The summed E-state index contributed by atoms with van der Waals surface area (Å²) in [4.78, 5) is 27.8. The number of rotatable bonds is 7. The second kappa shape index (κ2) is 10.6. The molecule has 2 aromatic carbocycles. The average Bonchev–Trinajstić information content (AvgIpc) is 2.74. The predicted octanol–water partition coefficient (Wildman–Crippen LogP) is 4.86. The summed E-state index contributed by atoms with van der Waals surface area (Å²) in [5.74, 6) is -0.0964. The van der Waals surface area contributed by atoms with E-state index >= 15 is 0 Å². The summed E-state index contributed by atoms with van der Waals surface area (Å²) < 4.78 is 0.992. The number of halogens is 1. The van der Waals surface area contributed by atoms with Crippen molar-refractivity contribution in [3.63, 3.8) is 0 Å². The largest absolute Gasteiger partial charge is 0.352 e. The van der Waals surface area contributed by atoms with Gasteiger partial charge in [0.1, 0.15) is 6.04 Å². The number of benzene rings is 2. The van der Waals surface area contributed by atoms with Crippen molar-refractivity contribution in [1.29, 1.82) is 0 Å². The van der Waals surface area contributed by atoms with E-state index in [1.807, 2.05) is 61.5 Å². The van der Waals surface area contributed by atoms with Gasteiger partial charge in [0.15, 0.2) is 0 Å². The average molecular weight is 457 g/mol. The number of hydrogen-bond acceptors (Lipinski definition) is 2. The maximum Gasteiger partial charge on any atom is 0.242 e. The third-order valence-electron chi connectivity index (χ3n) is 5.58. The summed E-state index contributed by atoms with van der Waals surface area (Å²) in [6, 6.07) is 17.3. The number of amides is 2. The lowest BCUT2D eigenvalue weighted by Gasteiger charge is -2.31. The molecule has 0 heterocycles. The molecule has 3 rings (SSSR count). The molecule has 0 radical (unpaired) electrons. The van der Waals surface area contributed by atoms with E-state index in [2.05, 4.69) is 21.2 Å². The van der Waals surface area contributed by atoms with Gasteiger partial charge in [-0.05, 0) is 43.0 Å². The Kier molecular flexibility index (Phi) is 7.87. The fraction of sp³-hybridized carbons (Fsp3) is 0.417. The van der Waals surface area contributed by atoms with Crippen LogP contribution < -0.4 is 5.32 Å². The van der Waals surface area contributed by atoms with Crippen molar-refractivity contribution in [2.75, 3.05) is 0 Å². The molecular weight excluding hydrogens is 428 g/mol. The Morgan fingerprint density at radius 1 is 1.00 bits per heavy atom. The maximum atomic E-state index is 13.2. The molecule has 1 saturated carbocycles. The standard InChI is InChI=1S/C24H29BrN2O2/c1-18(24(29)26-22-10-6-3-7-11-22)27(17-20-12-14-21(25)15-13-20)23(28)16-19-8-4-2-5-9-19/h2,4-5,8-9,12-15,18,22H,3,6-7,10-11,16-17H2,1H3,(H,26,29). The molecule has 1 aliphatic carbocycles. The van der Waals surface area contributed by atoms with Gasteiger partial charge in [-0.25, -0.2) is 0 Å². The van der Waals surface area contributed by atoms with E-state index in [1.165, 1.54) is 6.42 Å². The molecule has 1 fully saturated rings. The van der Waals surface area contributed by atoms with Gasteiger partial charge in [0.05, 0.1) is 6.42 Å². The van der Waals surface area contributed by atoms with Crippen LogP contribution in [0.3, 0.4) is 0 Å². The molecule has 1 N–H and O–H groups in total. The zero-order chi connectivity index (χ0) is 20.6. The normalized spacial score (nSPS) is 15.5. The Bertz CT molecular complexity index is 801. The minimum Gasteiger partial charge on any atom is -0.352 e. The van der Waals surface area contributed by atoms with Crippen LogP contribution in [0.25, 0.3) is 0 Å². The Balaban J connectivity index is 1.73. The van der Waals surface area contributed by atoms with E-state index in [1.54, 1.807) is 4.90 Å². The molecule has 5 heteroatoms. The van der Waals surface area contributed by atoms with E-state index in [9.17, 15) is 9.59 Å². The molecule has 4 nitrogen and oxygen atoms in total. The van der Waals surface area contributed by atoms with Crippen LogP contribution in [0.1, 0.15) is 50.2 Å². The van der Waals surface area contributed by atoms with Gasteiger partial charge >= 0.3 is 0 Å². The smallest absolute Gasteiger partial charge is 0.242 e. The van der Waals surface area contributed by atoms with Gasteiger partial charge in [0.2, 0.25) is 11.8 Å². The second-order valence-corrected chi connectivity index (χ2v) is 8.75. The number of carbonyl (C=O) groups is 2. The molecule has 0 bridgehead atoms. The molecular formula is C24H29BrN2O2. The van der Waals surface area contributed by atoms with E-state index in [4.69, 9.17) is 0 Å². The molecule has 29 heavy (non-hydrogen) atoms. The zero-order valence-corrected chi connectivity index (χ0v) is 18.5. The summed E-state index contributed by atoms with van der Waals surface area (Å²) >= 11 is 3.45. The van der Waals surface area contributed by atoms with Gasteiger partial charge in [-0.3, -0.25) is 9.59 Å². The first kappa shape index (κ1) is 21.6. The molecule has 1 atom stereocenters. The minimum absolute atomic E-state index is 0.0367. The van der Waals surface area contributed by atoms with Crippen LogP contribution in [-0.4, -0.2) is 28.8 Å². The Morgan fingerprint density at radius 2 is 1.66 bits per heavy atom. The number of nitrogens with one attached hydrogen (secondary N) is 1. The number of nitrogens with zero attached hydrogens (tertiary/aromatic N) is 1. The quantitative estimate of drug-likeness (QED) is 0.646. The highest BCUT2D eigenvalue weighted by molar-refractivity contribution is 9.10. The first-order valence-corrected chi connectivity index (χ1v) is 11.2. The molecule has 2 aromatic rings. The van der Waals surface area contributed by atoms with Gasteiger partial charge in [-0.1, -0.05) is 77.7 Å². The van der Waals surface area contributed by atoms with Gasteiger partial charge in [0, 0.05) is 17.1 Å². The molecule has 154 valence electrons. The molecule has 0 saturated heterocycles. The highest BCUT2D eigenvalue weighted by Crippen LogP contribution is 2.19. The summed E-state index contributed by atoms with van der Waals surface area (Å²) in [6.07, 6.45) is 5.92. The molecule has 0 aliphatic heterocycles. The molecule has 1 unspecified atom stereocenters. The van der Waals surface area contributed by atoms with Gasteiger partial charge in [-0.2, -0.15) is 0 Å². The molecule has 0 aromatic heterocycles. The van der Waals surface area contributed by atoms with Crippen molar-refractivity contribution in [2.45, 2.75) is 64.1 Å². The second-order valence-electron chi connectivity index (χ2n) is 7.83. The minimum atomic E-state index is -0.517. The highest BCUT2D eigenvalue weighted by Gasteiger charge is 2.28. The third kappa shape index (κ3) is 6.43. The monoisotopic (exact) mass is 456 g/mol. The van der Waals surface area contributed by atoms with Crippen molar-refractivity contribution in [2.24, 2.45) is 0 Å². The van der Waals surface area contributed by atoms with Crippen LogP contribution in [0.15, 0.2) is 59.1 Å². The first-order chi connectivity index (χ1) is 14.0. The van der Waals surface area contributed by atoms with E-state index < -0.39 is 6.04 Å². The van der Waals surface area contributed by atoms with Crippen LogP contribution >= 0.6 is 15.9 Å². The fourth-order valence-corrected chi connectivity index (χ4v) is 4.07. The van der Waals surface area contributed by atoms with Gasteiger partial charge in [-0.15, -0.1) is 0 Å². The fourth-order valence-electron chi connectivity index (χ4n) is 3.81. The Morgan fingerprint density at radius 3 is 2.31 bits per heavy atom. The van der Waals surface area contributed by atoms with Crippen LogP contribution in [0.5, 0.6) is 0 Å². The molecule has 2 amide bonds. The van der Waals surface area contributed by atoms with Crippen molar-refractivity contribution in [1.82, 2.24) is 10.2 Å². The van der Waals surface area contributed by atoms with Crippen molar-refractivity contribution in [3.8, 4) is 0 Å².